The number of anilines is 1. The molecular formula is C17H16BrClN2O. The Morgan fingerprint density at radius 3 is 2.77 bits per heavy atom. The lowest BCUT2D eigenvalue weighted by Gasteiger charge is -2.27. The van der Waals surface area contributed by atoms with E-state index in [0.717, 1.165) is 27.0 Å². The van der Waals surface area contributed by atoms with Crippen LogP contribution in [0.1, 0.15) is 11.1 Å². The molecule has 0 bridgehead atoms. The number of aliphatic hydroxyl groups is 1. The molecule has 0 saturated carbocycles. The molecule has 0 spiro atoms. The van der Waals surface area contributed by atoms with E-state index in [1.807, 2.05) is 49.5 Å². The number of aliphatic hydroxyl groups excluding tert-OH is 1. The fourth-order valence-corrected chi connectivity index (χ4v) is 3.26. The normalized spacial score (nSPS) is 17.7. The Kier molecular flexibility index (Phi) is 4.52. The van der Waals surface area contributed by atoms with E-state index in [0.29, 0.717) is 11.6 Å². The molecule has 1 atom stereocenters. The zero-order valence-electron chi connectivity index (χ0n) is 12.1. The van der Waals surface area contributed by atoms with Gasteiger partial charge in [0.05, 0.1) is 24.9 Å². The summed E-state index contributed by atoms with van der Waals surface area (Å²) >= 11 is 9.90. The van der Waals surface area contributed by atoms with Gasteiger partial charge in [-0.1, -0.05) is 45.7 Å². The smallest absolute Gasteiger partial charge is 0.0756 e. The van der Waals surface area contributed by atoms with Crippen molar-refractivity contribution >= 4 is 38.9 Å². The maximum Gasteiger partial charge on any atom is 0.0756 e. The molecule has 1 aliphatic rings. The molecule has 2 aromatic carbocycles. The van der Waals surface area contributed by atoms with Gasteiger partial charge in [0.25, 0.3) is 0 Å². The number of likely N-dealkylation sites (N-methyl/N-ethyl adjacent to an activating group) is 1. The Morgan fingerprint density at radius 1 is 1.27 bits per heavy atom. The van der Waals surface area contributed by atoms with E-state index in [4.69, 9.17) is 16.6 Å². The number of aliphatic imine (C=N–C) groups is 1. The molecule has 3 rings (SSSR count). The molecule has 22 heavy (non-hydrogen) atoms. The van der Waals surface area contributed by atoms with Gasteiger partial charge in [0, 0.05) is 33.4 Å². The summed E-state index contributed by atoms with van der Waals surface area (Å²) in [5.74, 6) is 0. The molecule has 0 fully saturated rings. The number of benzodiazepines with no additional fused rings is 1. The molecule has 1 aliphatic heterocycles. The molecule has 0 aliphatic carbocycles. The van der Waals surface area contributed by atoms with Gasteiger partial charge in [-0.15, -0.1) is 0 Å². The van der Waals surface area contributed by atoms with Gasteiger partial charge in [0.1, 0.15) is 0 Å². The molecule has 2 aromatic rings. The maximum absolute atomic E-state index is 9.63. The molecule has 0 aromatic heterocycles. The van der Waals surface area contributed by atoms with Gasteiger partial charge >= 0.3 is 0 Å². The van der Waals surface area contributed by atoms with Gasteiger partial charge in [-0.25, -0.2) is 0 Å². The Labute approximate surface area is 143 Å². The summed E-state index contributed by atoms with van der Waals surface area (Å²) in [6.07, 6.45) is 0. The molecular weight excluding hydrogens is 364 g/mol. The van der Waals surface area contributed by atoms with Crippen LogP contribution in [-0.4, -0.2) is 37.1 Å². The van der Waals surface area contributed by atoms with Crippen LogP contribution in [-0.2, 0) is 0 Å². The highest BCUT2D eigenvalue weighted by atomic mass is 79.9. The molecule has 3 nitrogen and oxygen atoms in total. The van der Waals surface area contributed by atoms with Crippen molar-refractivity contribution in [3.05, 3.63) is 63.1 Å². The first-order valence-electron chi connectivity index (χ1n) is 7.04. The van der Waals surface area contributed by atoms with Crippen LogP contribution in [0.2, 0.25) is 5.02 Å². The van der Waals surface area contributed by atoms with Gasteiger partial charge in [-0.3, -0.25) is 4.99 Å². The highest BCUT2D eigenvalue weighted by molar-refractivity contribution is 9.10. The summed E-state index contributed by atoms with van der Waals surface area (Å²) in [4.78, 5) is 6.83. The number of nitrogens with zero attached hydrogens (tertiary/aromatic N) is 2. The fraction of sp³-hybridized carbons (Fsp3) is 0.235. The first-order valence-corrected chi connectivity index (χ1v) is 8.22. The van der Waals surface area contributed by atoms with Crippen LogP contribution in [0.15, 0.2) is 51.9 Å². The van der Waals surface area contributed by atoms with Gasteiger partial charge in [-0.05, 0) is 24.3 Å². The highest BCUT2D eigenvalue weighted by Crippen LogP contribution is 2.31. The average Bonchev–Trinajstić information content (AvgIpc) is 2.65. The van der Waals surface area contributed by atoms with Crippen LogP contribution in [0.5, 0.6) is 0 Å². The number of fused-ring (bicyclic) bond motifs is 1. The van der Waals surface area contributed by atoms with Crippen molar-refractivity contribution < 1.29 is 5.11 Å². The first-order chi connectivity index (χ1) is 10.6. The molecule has 0 saturated heterocycles. The lowest BCUT2D eigenvalue weighted by Crippen LogP contribution is -2.36. The van der Waals surface area contributed by atoms with Gasteiger partial charge in [0.15, 0.2) is 0 Å². The molecule has 0 amide bonds. The third kappa shape index (κ3) is 2.78. The van der Waals surface area contributed by atoms with Crippen LogP contribution >= 0.6 is 27.5 Å². The lowest BCUT2D eigenvalue weighted by atomic mass is 10.00. The van der Waals surface area contributed by atoms with Crippen molar-refractivity contribution in [1.82, 2.24) is 0 Å². The van der Waals surface area contributed by atoms with Crippen LogP contribution in [0.4, 0.5) is 5.69 Å². The number of benzene rings is 2. The number of hydrogen-bond donors (Lipinski definition) is 1. The van der Waals surface area contributed by atoms with E-state index >= 15 is 0 Å². The monoisotopic (exact) mass is 378 g/mol. The quantitative estimate of drug-likeness (QED) is 0.862. The molecule has 1 heterocycles. The summed E-state index contributed by atoms with van der Waals surface area (Å²) < 4.78 is 0.988. The number of halogens is 2. The molecule has 1 unspecified atom stereocenters. The van der Waals surface area contributed by atoms with E-state index in [1.54, 1.807) is 0 Å². The Hall–Kier alpha value is -1.36. The van der Waals surface area contributed by atoms with Gasteiger partial charge in [0.2, 0.25) is 0 Å². The molecule has 5 heteroatoms. The SMILES string of the molecule is CN1c2ccc(Br)cc2C(c2ccccc2Cl)=NCC1CO. The van der Waals surface area contributed by atoms with Crippen molar-refractivity contribution in [1.29, 1.82) is 0 Å². The summed E-state index contributed by atoms with van der Waals surface area (Å²) in [7, 11) is 1.98. The van der Waals surface area contributed by atoms with Crippen molar-refractivity contribution in [3.63, 3.8) is 0 Å². The topological polar surface area (TPSA) is 35.8 Å². The summed E-state index contributed by atoms with van der Waals surface area (Å²) in [6.45, 7) is 0.588. The second-order valence-electron chi connectivity index (χ2n) is 5.28. The van der Waals surface area contributed by atoms with Gasteiger partial charge < -0.3 is 10.0 Å². The second kappa shape index (κ2) is 6.41. The minimum atomic E-state index is -0.0417. The van der Waals surface area contributed by atoms with Crippen molar-refractivity contribution in [2.75, 3.05) is 25.1 Å². The summed E-state index contributed by atoms with van der Waals surface area (Å²) in [5, 5.41) is 10.3. The van der Waals surface area contributed by atoms with Crippen molar-refractivity contribution in [2.24, 2.45) is 4.99 Å². The van der Waals surface area contributed by atoms with Crippen molar-refractivity contribution in [3.8, 4) is 0 Å². The number of rotatable bonds is 2. The minimum absolute atomic E-state index is 0.0417. The van der Waals surface area contributed by atoms with Crippen LogP contribution in [0.25, 0.3) is 0 Å². The lowest BCUT2D eigenvalue weighted by molar-refractivity contribution is 0.265. The van der Waals surface area contributed by atoms with E-state index in [2.05, 4.69) is 20.8 Å². The maximum atomic E-state index is 9.63. The van der Waals surface area contributed by atoms with Crippen LogP contribution in [0.3, 0.4) is 0 Å². The average molecular weight is 380 g/mol. The van der Waals surface area contributed by atoms with Crippen LogP contribution < -0.4 is 4.90 Å². The van der Waals surface area contributed by atoms with E-state index in [9.17, 15) is 5.11 Å². The molecule has 0 radical (unpaired) electrons. The zero-order chi connectivity index (χ0) is 15.7. The minimum Gasteiger partial charge on any atom is -0.394 e. The van der Waals surface area contributed by atoms with E-state index < -0.39 is 0 Å². The third-order valence-electron chi connectivity index (χ3n) is 3.94. The zero-order valence-corrected chi connectivity index (χ0v) is 14.5. The predicted molar refractivity (Wildman–Crippen MR) is 95.4 cm³/mol. The standard InChI is InChI=1S/C17H16BrClN2O/c1-21-12(10-22)9-20-17(13-4-2-3-5-15(13)19)14-8-11(18)6-7-16(14)21/h2-8,12,22H,9-10H2,1H3. The Morgan fingerprint density at radius 2 is 2.05 bits per heavy atom. The van der Waals surface area contributed by atoms with Gasteiger partial charge in [-0.2, -0.15) is 0 Å². The molecule has 1 N–H and O–H groups in total. The summed E-state index contributed by atoms with van der Waals surface area (Å²) in [6, 6.07) is 13.8. The Bertz CT molecular complexity index is 732. The predicted octanol–water partition coefficient (Wildman–Crippen LogP) is 3.75. The van der Waals surface area contributed by atoms with E-state index in [-0.39, 0.29) is 12.6 Å². The fourth-order valence-electron chi connectivity index (χ4n) is 2.67. The highest BCUT2D eigenvalue weighted by Gasteiger charge is 2.24. The Balaban J connectivity index is 2.22. The molecule has 114 valence electrons. The summed E-state index contributed by atoms with van der Waals surface area (Å²) in [5.41, 5.74) is 3.83. The van der Waals surface area contributed by atoms with Crippen LogP contribution in [0, 0.1) is 0 Å². The number of hydrogen-bond acceptors (Lipinski definition) is 3. The van der Waals surface area contributed by atoms with Crippen molar-refractivity contribution in [2.45, 2.75) is 6.04 Å². The third-order valence-corrected chi connectivity index (χ3v) is 4.76. The second-order valence-corrected chi connectivity index (χ2v) is 6.60. The van der Waals surface area contributed by atoms with E-state index in [1.165, 1.54) is 0 Å². The largest absolute Gasteiger partial charge is 0.394 e. The first kappa shape index (κ1) is 15.5.